The van der Waals surface area contributed by atoms with E-state index in [1.165, 1.54) is 18.5 Å². The molecule has 0 radical (unpaired) electrons. The molecule has 1 saturated heterocycles. The fourth-order valence-corrected chi connectivity index (χ4v) is 3.16. The van der Waals surface area contributed by atoms with Crippen LogP contribution in [0.5, 0.6) is 0 Å². The molecular weight excluding hydrogens is 346 g/mol. The predicted octanol–water partition coefficient (Wildman–Crippen LogP) is 4.79. The van der Waals surface area contributed by atoms with Crippen molar-refractivity contribution in [3.05, 3.63) is 64.2 Å². The first-order valence-electron chi connectivity index (χ1n) is 8.61. The minimum atomic E-state index is -0.433. The van der Waals surface area contributed by atoms with Gasteiger partial charge in [-0.1, -0.05) is 17.7 Å². The number of rotatable bonds is 4. The summed E-state index contributed by atoms with van der Waals surface area (Å²) in [5.74, 6) is -0.433. The monoisotopic (exact) mass is 365 g/mol. The first-order chi connectivity index (χ1) is 12.6. The molecule has 0 atom stereocenters. The Morgan fingerprint density at radius 3 is 2.50 bits per heavy atom. The highest BCUT2D eigenvalue weighted by molar-refractivity contribution is 6.30. The standard InChI is InChI=1S/C21H20ClN3O/c1-15-12-20(25-10-2-3-11-25)9-4-16(15)13-17(14-23)21(26)24-19-7-5-18(22)6-8-19/h4-9,12-13H,2-3,10-11H2,1H3,(H,24,26)/b17-13+. The lowest BCUT2D eigenvalue weighted by Crippen LogP contribution is -2.17. The molecule has 0 saturated carbocycles. The van der Waals surface area contributed by atoms with Gasteiger partial charge in [0.05, 0.1) is 0 Å². The summed E-state index contributed by atoms with van der Waals surface area (Å²) in [5, 5.41) is 12.7. The second kappa shape index (κ2) is 8.07. The van der Waals surface area contributed by atoms with Crippen molar-refractivity contribution in [3.63, 3.8) is 0 Å². The molecule has 1 aliphatic heterocycles. The Kier molecular flexibility index (Phi) is 5.60. The molecular formula is C21H20ClN3O. The third-order valence-corrected chi connectivity index (χ3v) is 4.74. The number of nitrogens with one attached hydrogen (secondary N) is 1. The lowest BCUT2D eigenvalue weighted by Gasteiger charge is -2.18. The van der Waals surface area contributed by atoms with Crippen molar-refractivity contribution in [1.29, 1.82) is 5.26 Å². The predicted molar refractivity (Wildman–Crippen MR) is 106 cm³/mol. The summed E-state index contributed by atoms with van der Waals surface area (Å²) in [4.78, 5) is 14.7. The van der Waals surface area contributed by atoms with Gasteiger partial charge in [-0.25, -0.2) is 0 Å². The van der Waals surface area contributed by atoms with Gasteiger partial charge >= 0.3 is 0 Å². The van der Waals surface area contributed by atoms with E-state index in [4.69, 9.17) is 11.6 Å². The molecule has 0 aliphatic carbocycles. The molecule has 4 nitrogen and oxygen atoms in total. The second-order valence-corrected chi connectivity index (χ2v) is 6.80. The summed E-state index contributed by atoms with van der Waals surface area (Å²) >= 11 is 5.84. The summed E-state index contributed by atoms with van der Waals surface area (Å²) in [7, 11) is 0. The number of nitrogens with zero attached hydrogens (tertiary/aromatic N) is 2. The van der Waals surface area contributed by atoms with Crippen LogP contribution in [0.2, 0.25) is 5.02 Å². The number of amides is 1. The SMILES string of the molecule is Cc1cc(N2CCCC2)ccc1/C=C(\C#N)C(=O)Nc1ccc(Cl)cc1. The van der Waals surface area contributed by atoms with E-state index >= 15 is 0 Å². The molecule has 5 heteroatoms. The van der Waals surface area contributed by atoms with E-state index in [1.54, 1.807) is 30.3 Å². The molecule has 2 aromatic rings. The zero-order valence-corrected chi connectivity index (χ0v) is 15.4. The Labute approximate surface area is 158 Å². The Morgan fingerprint density at radius 2 is 1.88 bits per heavy atom. The molecule has 0 spiro atoms. The third-order valence-electron chi connectivity index (χ3n) is 4.49. The Morgan fingerprint density at radius 1 is 1.19 bits per heavy atom. The van der Waals surface area contributed by atoms with Gasteiger partial charge in [-0.15, -0.1) is 0 Å². The molecule has 2 aromatic carbocycles. The van der Waals surface area contributed by atoms with Crippen molar-refractivity contribution < 1.29 is 4.79 Å². The molecule has 1 amide bonds. The highest BCUT2D eigenvalue weighted by Crippen LogP contribution is 2.24. The van der Waals surface area contributed by atoms with Gasteiger partial charge in [0, 0.05) is 29.5 Å². The lowest BCUT2D eigenvalue weighted by molar-refractivity contribution is -0.112. The van der Waals surface area contributed by atoms with Crippen molar-refractivity contribution in [2.45, 2.75) is 19.8 Å². The first kappa shape index (κ1) is 18.0. The van der Waals surface area contributed by atoms with E-state index in [-0.39, 0.29) is 5.57 Å². The van der Waals surface area contributed by atoms with E-state index < -0.39 is 5.91 Å². The summed E-state index contributed by atoms with van der Waals surface area (Å²) in [6.45, 7) is 4.17. The maximum Gasteiger partial charge on any atom is 0.266 e. The van der Waals surface area contributed by atoms with E-state index in [9.17, 15) is 10.1 Å². The molecule has 0 aromatic heterocycles. The van der Waals surface area contributed by atoms with Crippen LogP contribution in [-0.2, 0) is 4.79 Å². The molecule has 3 rings (SSSR count). The molecule has 1 heterocycles. The van der Waals surface area contributed by atoms with E-state index in [0.717, 1.165) is 24.2 Å². The highest BCUT2D eigenvalue weighted by Gasteiger charge is 2.14. The topological polar surface area (TPSA) is 56.1 Å². The molecule has 132 valence electrons. The summed E-state index contributed by atoms with van der Waals surface area (Å²) in [6.07, 6.45) is 4.09. The van der Waals surface area contributed by atoms with E-state index in [2.05, 4.69) is 22.3 Å². The molecule has 0 bridgehead atoms. The minimum absolute atomic E-state index is 0.0666. The van der Waals surface area contributed by atoms with Crippen LogP contribution in [0.4, 0.5) is 11.4 Å². The number of aryl methyl sites for hydroxylation is 1. The van der Waals surface area contributed by atoms with Gasteiger partial charge < -0.3 is 10.2 Å². The van der Waals surface area contributed by atoms with Crippen molar-refractivity contribution in [2.24, 2.45) is 0 Å². The summed E-state index contributed by atoms with van der Waals surface area (Å²) < 4.78 is 0. The number of carbonyl (C=O) groups excluding carboxylic acids is 1. The Bertz CT molecular complexity index is 875. The van der Waals surface area contributed by atoms with Crippen LogP contribution in [0.15, 0.2) is 48.0 Å². The van der Waals surface area contributed by atoms with E-state index in [0.29, 0.717) is 10.7 Å². The third kappa shape index (κ3) is 4.25. The molecule has 1 N–H and O–H groups in total. The maximum absolute atomic E-state index is 12.4. The zero-order valence-electron chi connectivity index (χ0n) is 14.6. The van der Waals surface area contributed by atoms with Gasteiger partial charge in [0.2, 0.25) is 0 Å². The Hall–Kier alpha value is -2.77. The fourth-order valence-electron chi connectivity index (χ4n) is 3.03. The van der Waals surface area contributed by atoms with Gasteiger partial charge in [-0.2, -0.15) is 5.26 Å². The van der Waals surface area contributed by atoms with Gasteiger partial charge in [0.25, 0.3) is 5.91 Å². The van der Waals surface area contributed by atoms with Crippen molar-refractivity contribution in [2.75, 3.05) is 23.3 Å². The number of hydrogen-bond donors (Lipinski definition) is 1. The molecule has 0 unspecified atom stereocenters. The molecule has 1 fully saturated rings. The van der Waals surface area contributed by atoms with Crippen molar-refractivity contribution >= 4 is 35.0 Å². The van der Waals surface area contributed by atoms with Gasteiger partial charge in [-0.05, 0) is 73.4 Å². The maximum atomic E-state index is 12.4. The average molecular weight is 366 g/mol. The molecule has 1 aliphatic rings. The first-order valence-corrected chi connectivity index (χ1v) is 8.99. The van der Waals surface area contributed by atoms with Crippen LogP contribution < -0.4 is 10.2 Å². The van der Waals surface area contributed by atoms with Gasteiger partial charge in [-0.3, -0.25) is 4.79 Å². The van der Waals surface area contributed by atoms with Crippen molar-refractivity contribution in [1.82, 2.24) is 0 Å². The number of halogens is 1. The zero-order chi connectivity index (χ0) is 18.5. The number of nitriles is 1. The second-order valence-electron chi connectivity index (χ2n) is 6.37. The lowest BCUT2D eigenvalue weighted by atomic mass is 10.0. The summed E-state index contributed by atoms with van der Waals surface area (Å²) in [5.41, 5.74) is 3.78. The summed E-state index contributed by atoms with van der Waals surface area (Å²) in [6, 6.07) is 14.9. The molecule has 26 heavy (non-hydrogen) atoms. The van der Waals surface area contributed by atoms with E-state index in [1.807, 2.05) is 19.1 Å². The number of hydrogen-bond acceptors (Lipinski definition) is 3. The van der Waals surface area contributed by atoms with Crippen LogP contribution in [0, 0.1) is 18.3 Å². The van der Waals surface area contributed by atoms with Gasteiger partial charge in [0.15, 0.2) is 0 Å². The smallest absolute Gasteiger partial charge is 0.266 e. The van der Waals surface area contributed by atoms with Crippen LogP contribution >= 0.6 is 11.6 Å². The van der Waals surface area contributed by atoms with Gasteiger partial charge in [0.1, 0.15) is 11.6 Å². The quantitative estimate of drug-likeness (QED) is 0.625. The largest absolute Gasteiger partial charge is 0.372 e. The van der Waals surface area contributed by atoms with Crippen LogP contribution in [0.1, 0.15) is 24.0 Å². The highest BCUT2D eigenvalue weighted by atomic mass is 35.5. The fraction of sp³-hybridized carbons (Fsp3) is 0.238. The van der Waals surface area contributed by atoms with Crippen LogP contribution in [-0.4, -0.2) is 19.0 Å². The van der Waals surface area contributed by atoms with Crippen LogP contribution in [0.3, 0.4) is 0 Å². The van der Waals surface area contributed by atoms with Crippen molar-refractivity contribution in [3.8, 4) is 6.07 Å². The number of carbonyl (C=O) groups is 1. The number of benzene rings is 2. The normalized spacial score (nSPS) is 14.2. The number of anilines is 2. The van der Waals surface area contributed by atoms with Crippen LogP contribution in [0.25, 0.3) is 6.08 Å². The Balaban J connectivity index is 1.78. The minimum Gasteiger partial charge on any atom is -0.372 e. The average Bonchev–Trinajstić information content (AvgIpc) is 3.17.